The third-order valence-electron chi connectivity index (χ3n) is 3.09. The van der Waals surface area contributed by atoms with Gasteiger partial charge in [-0.1, -0.05) is 13.0 Å². The molecular formula is C14H20N2O5. The van der Waals surface area contributed by atoms with E-state index in [9.17, 15) is 19.8 Å². The van der Waals surface area contributed by atoms with Crippen LogP contribution in [0.25, 0.3) is 0 Å². The van der Waals surface area contributed by atoms with Gasteiger partial charge in [0.15, 0.2) is 11.5 Å². The van der Waals surface area contributed by atoms with E-state index < -0.39 is 24.0 Å². The van der Waals surface area contributed by atoms with Gasteiger partial charge < -0.3 is 26.4 Å². The highest BCUT2D eigenvalue weighted by atomic mass is 16.4. The number of phenols is 2. The Morgan fingerprint density at radius 2 is 1.95 bits per heavy atom. The van der Waals surface area contributed by atoms with E-state index >= 15 is 0 Å². The molecule has 1 aromatic rings. The van der Waals surface area contributed by atoms with Gasteiger partial charge in [-0.05, 0) is 30.5 Å². The predicted molar refractivity (Wildman–Crippen MR) is 75.9 cm³/mol. The number of carboxylic acid groups (broad SMARTS) is 1. The van der Waals surface area contributed by atoms with Crippen LogP contribution in [-0.4, -0.2) is 39.3 Å². The number of nitrogens with two attached hydrogens (primary N) is 1. The smallest absolute Gasteiger partial charge is 0.305 e. The zero-order valence-corrected chi connectivity index (χ0v) is 11.7. The number of benzene rings is 1. The van der Waals surface area contributed by atoms with E-state index in [1.54, 1.807) is 13.0 Å². The van der Waals surface area contributed by atoms with E-state index in [1.165, 1.54) is 12.1 Å². The van der Waals surface area contributed by atoms with Crippen molar-refractivity contribution < 1.29 is 24.9 Å². The number of amides is 1. The van der Waals surface area contributed by atoms with Gasteiger partial charge in [0.25, 0.3) is 0 Å². The molecule has 0 spiro atoms. The van der Waals surface area contributed by atoms with Crippen molar-refractivity contribution in [2.45, 2.75) is 38.3 Å². The molecule has 0 heterocycles. The highest BCUT2D eigenvalue weighted by Gasteiger charge is 2.19. The summed E-state index contributed by atoms with van der Waals surface area (Å²) in [6.07, 6.45) is 0.503. The van der Waals surface area contributed by atoms with Crippen molar-refractivity contribution in [3.8, 4) is 11.5 Å². The molecular weight excluding hydrogens is 276 g/mol. The highest BCUT2D eigenvalue weighted by molar-refractivity contribution is 5.82. The normalized spacial score (nSPS) is 13.4. The molecule has 116 valence electrons. The van der Waals surface area contributed by atoms with Crippen molar-refractivity contribution in [1.29, 1.82) is 0 Å². The molecule has 0 aliphatic heterocycles. The Hall–Kier alpha value is -2.28. The minimum Gasteiger partial charge on any atom is -0.504 e. The molecule has 0 aliphatic carbocycles. The van der Waals surface area contributed by atoms with Gasteiger partial charge >= 0.3 is 5.97 Å². The second kappa shape index (κ2) is 7.49. The lowest BCUT2D eigenvalue weighted by Crippen LogP contribution is -2.46. The summed E-state index contributed by atoms with van der Waals surface area (Å²) in [6, 6.07) is 2.87. The SMILES string of the molecule is CCC(CC(=O)O)NC(=O)[C@@H](N)Cc1ccc(O)c(O)c1. The van der Waals surface area contributed by atoms with E-state index in [4.69, 9.17) is 10.8 Å². The van der Waals surface area contributed by atoms with Crippen molar-refractivity contribution >= 4 is 11.9 Å². The average molecular weight is 296 g/mol. The van der Waals surface area contributed by atoms with Gasteiger partial charge in [-0.3, -0.25) is 9.59 Å². The van der Waals surface area contributed by atoms with Crippen LogP contribution in [0.2, 0.25) is 0 Å². The molecule has 0 bridgehead atoms. The number of hydrogen-bond donors (Lipinski definition) is 5. The first-order valence-electron chi connectivity index (χ1n) is 6.62. The molecule has 6 N–H and O–H groups in total. The van der Waals surface area contributed by atoms with Crippen LogP contribution in [0.1, 0.15) is 25.3 Å². The van der Waals surface area contributed by atoms with Crippen LogP contribution in [0, 0.1) is 0 Å². The van der Waals surface area contributed by atoms with Gasteiger partial charge in [-0.15, -0.1) is 0 Å². The zero-order chi connectivity index (χ0) is 16.0. The topological polar surface area (TPSA) is 133 Å². The molecule has 21 heavy (non-hydrogen) atoms. The maximum absolute atomic E-state index is 11.9. The van der Waals surface area contributed by atoms with Crippen LogP contribution in [0.15, 0.2) is 18.2 Å². The number of rotatable bonds is 7. The van der Waals surface area contributed by atoms with E-state index in [1.807, 2.05) is 0 Å². The molecule has 0 radical (unpaired) electrons. The van der Waals surface area contributed by atoms with Gasteiger partial charge in [0, 0.05) is 6.04 Å². The monoisotopic (exact) mass is 296 g/mol. The Morgan fingerprint density at radius 3 is 2.48 bits per heavy atom. The molecule has 1 unspecified atom stereocenters. The molecule has 0 fully saturated rings. The summed E-state index contributed by atoms with van der Waals surface area (Å²) in [5.74, 6) is -1.96. The fourth-order valence-corrected chi connectivity index (χ4v) is 1.86. The van der Waals surface area contributed by atoms with Crippen molar-refractivity contribution in [1.82, 2.24) is 5.32 Å². The molecule has 0 saturated heterocycles. The third-order valence-corrected chi connectivity index (χ3v) is 3.09. The number of carbonyl (C=O) groups is 2. The number of aromatic hydroxyl groups is 2. The zero-order valence-electron chi connectivity index (χ0n) is 11.7. The molecule has 7 heteroatoms. The summed E-state index contributed by atoms with van der Waals surface area (Å²) in [6.45, 7) is 1.78. The van der Waals surface area contributed by atoms with Gasteiger partial charge in [0.2, 0.25) is 5.91 Å². The maximum Gasteiger partial charge on any atom is 0.305 e. The Labute approximate surface area is 122 Å². The Kier molecular flexibility index (Phi) is 5.98. The van der Waals surface area contributed by atoms with Crippen LogP contribution in [0.3, 0.4) is 0 Å². The molecule has 1 amide bonds. The minimum atomic E-state index is -0.987. The quantitative estimate of drug-likeness (QED) is 0.461. The summed E-state index contributed by atoms with van der Waals surface area (Å²) in [5.41, 5.74) is 6.36. The van der Waals surface area contributed by atoms with Gasteiger partial charge in [0.05, 0.1) is 12.5 Å². The summed E-state index contributed by atoms with van der Waals surface area (Å²) >= 11 is 0. The number of carboxylic acids is 1. The Morgan fingerprint density at radius 1 is 1.29 bits per heavy atom. The van der Waals surface area contributed by atoms with E-state index in [0.29, 0.717) is 12.0 Å². The lowest BCUT2D eigenvalue weighted by molar-refractivity contribution is -0.137. The number of hydrogen-bond acceptors (Lipinski definition) is 5. The number of phenolic OH excluding ortho intramolecular Hbond substituents is 2. The number of carbonyl (C=O) groups excluding carboxylic acids is 1. The molecule has 2 atom stereocenters. The highest BCUT2D eigenvalue weighted by Crippen LogP contribution is 2.25. The molecule has 0 aliphatic rings. The first kappa shape index (κ1) is 16.8. The van der Waals surface area contributed by atoms with Crippen molar-refractivity contribution in [2.24, 2.45) is 5.73 Å². The van der Waals surface area contributed by atoms with Crippen LogP contribution >= 0.6 is 0 Å². The van der Waals surface area contributed by atoms with Crippen LogP contribution < -0.4 is 11.1 Å². The third kappa shape index (κ3) is 5.31. The Balaban J connectivity index is 2.61. The maximum atomic E-state index is 11.9. The van der Waals surface area contributed by atoms with E-state index in [-0.39, 0.29) is 24.3 Å². The number of aliphatic carboxylic acids is 1. The van der Waals surface area contributed by atoms with E-state index in [2.05, 4.69) is 5.32 Å². The van der Waals surface area contributed by atoms with Crippen molar-refractivity contribution in [3.63, 3.8) is 0 Å². The van der Waals surface area contributed by atoms with E-state index in [0.717, 1.165) is 0 Å². The largest absolute Gasteiger partial charge is 0.504 e. The average Bonchev–Trinajstić information content (AvgIpc) is 2.41. The fraction of sp³-hybridized carbons (Fsp3) is 0.429. The lowest BCUT2D eigenvalue weighted by Gasteiger charge is -2.18. The molecule has 0 aromatic heterocycles. The van der Waals surface area contributed by atoms with Gasteiger partial charge in [-0.2, -0.15) is 0 Å². The summed E-state index contributed by atoms with van der Waals surface area (Å²) in [7, 11) is 0. The fourth-order valence-electron chi connectivity index (χ4n) is 1.86. The van der Waals surface area contributed by atoms with Crippen molar-refractivity contribution in [3.05, 3.63) is 23.8 Å². The van der Waals surface area contributed by atoms with Crippen LogP contribution in [0.5, 0.6) is 11.5 Å². The van der Waals surface area contributed by atoms with Gasteiger partial charge in [-0.25, -0.2) is 0 Å². The summed E-state index contributed by atoms with van der Waals surface area (Å²) in [5, 5.41) is 29.9. The van der Waals surface area contributed by atoms with Crippen LogP contribution in [-0.2, 0) is 16.0 Å². The summed E-state index contributed by atoms with van der Waals surface area (Å²) in [4.78, 5) is 22.6. The first-order valence-corrected chi connectivity index (χ1v) is 6.62. The van der Waals surface area contributed by atoms with Crippen molar-refractivity contribution in [2.75, 3.05) is 0 Å². The molecule has 1 rings (SSSR count). The molecule has 0 saturated carbocycles. The second-order valence-corrected chi connectivity index (χ2v) is 4.85. The molecule has 1 aromatic carbocycles. The minimum absolute atomic E-state index is 0.158. The molecule has 7 nitrogen and oxygen atoms in total. The predicted octanol–water partition coefficient (Wildman–Crippen LogP) is 0.337. The standard InChI is InChI=1S/C14H20N2O5/c1-2-9(7-13(19)20)16-14(21)10(15)5-8-3-4-11(17)12(18)6-8/h3-4,6,9-10,17-18H,2,5,7,15H2,1H3,(H,16,21)(H,19,20)/t9?,10-/m0/s1. The van der Waals surface area contributed by atoms with Crippen LogP contribution in [0.4, 0.5) is 0 Å². The lowest BCUT2D eigenvalue weighted by atomic mass is 10.0. The Bertz CT molecular complexity index is 518. The summed E-state index contributed by atoms with van der Waals surface area (Å²) < 4.78 is 0. The van der Waals surface area contributed by atoms with Gasteiger partial charge in [0.1, 0.15) is 0 Å². The second-order valence-electron chi connectivity index (χ2n) is 4.85. The number of nitrogens with one attached hydrogen (secondary N) is 1. The first-order chi connectivity index (χ1) is 9.83.